The van der Waals surface area contributed by atoms with Gasteiger partial charge >= 0.3 is 5.97 Å². The third kappa shape index (κ3) is 8.82. The van der Waals surface area contributed by atoms with Gasteiger partial charge in [-0.05, 0) is 82.9 Å². The van der Waals surface area contributed by atoms with Crippen LogP contribution in [-0.2, 0) is 22.6 Å². The van der Waals surface area contributed by atoms with Crippen molar-refractivity contribution in [3.63, 3.8) is 0 Å². The summed E-state index contributed by atoms with van der Waals surface area (Å²) in [6, 6.07) is 34.7. The third-order valence-electron chi connectivity index (χ3n) is 7.44. The number of carbonyl (C=O) groups is 3. The van der Waals surface area contributed by atoms with Crippen LogP contribution in [-0.4, -0.2) is 41.4 Å². The van der Waals surface area contributed by atoms with Crippen LogP contribution in [0.1, 0.15) is 33.5 Å². The van der Waals surface area contributed by atoms with E-state index in [0.717, 1.165) is 11.1 Å². The number of rotatable bonds is 13. The minimum atomic E-state index is -2.78. The van der Waals surface area contributed by atoms with Gasteiger partial charge in [0.15, 0.2) is 0 Å². The van der Waals surface area contributed by atoms with Crippen LogP contribution in [0.25, 0.3) is 11.1 Å². The van der Waals surface area contributed by atoms with Gasteiger partial charge in [-0.1, -0.05) is 60.7 Å². The summed E-state index contributed by atoms with van der Waals surface area (Å²) in [4.78, 5) is 38.8. The molecule has 2 amide bonds. The van der Waals surface area contributed by atoms with Gasteiger partial charge in [-0.2, -0.15) is 0 Å². The number of hydrogen-bond donors (Lipinski definition) is 2. The van der Waals surface area contributed by atoms with E-state index in [1.807, 2.05) is 54.6 Å². The molecule has 5 aromatic rings. The van der Waals surface area contributed by atoms with Crippen LogP contribution in [0.2, 0.25) is 0 Å². The number of ether oxygens (including phenoxy) is 2. The van der Waals surface area contributed by atoms with Crippen molar-refractivity contribution >= 4 is 23.5 Å². The lowest BCUT2D eigenvalue weighted by Gasteiger charge is -2.21. The highest BCUT2D eigenvalue weighted by Gasteiger charge is 2.20. The average Bonchev–Trinajstić information content (AvgIpc) is 3.09. The number of carboxylic acid groups (broad SMARTS) is 1. The molecule has 0 unspecified atom stereocenters. The molecule has 0 radical (unpaired) electrons. The Labute approximate surface area is 276 Å². The number of alkyl halides is 2. The lowest BCUT2D eigenvalue weighted by Crippen LogP contribution is -2.35. The van der Waals surface area contributed by atoms with Gasteiger partial charge in [0.05, 0.1) is 13.5 Å². The van der Waals surface area contributed by atoms with Crippen molar-refractivity contribution in [1.29, 1.82) is 0 Å². The second-order valence-corrected chi connectivity index (χ2v) is 10.9. The first-order chi connectivity index (χ1) is 23.2. The molecule has 8 nitrogen and oxygen atoms in total. The van der Waals surface area contributed by atoms with Crippen LogP contribution in [0, 0.1) is 0 Å². The summed E-state index contributed by atoms with van der Waals surface area (Å²) in [5.41, 5.74) is 3.20. The maximum Gasteiger partial charge on any atom is 0.323 e. The highest BCUT2D eigenvalue weighted by molar-refractivity contribution is 5.97. The molecule has 48 heavy (non-hydrogen) atoms. The summed E-state index contributed by atoms with van der Waals surface area (Å²) in [6.45, 7) is -0.502. The Morgan fingerprint density at radius 1 is 0.771 bits per heavy atom. The van der Waals surface area contributed by atoms with E-state index in [4.69, 9.17) is 9.47 Å². The molecular weight excluding hydrogens is 618 g/mol. The van der Waals surface area contributed by atoms with E-state index < -0.39 is 30.8 Å². The maximum atomic E-state index is 13.5. The number of carboxylic acids is 1. The zero-order valence-corrected chi connectivity index (χ0v) is 25.9. The SMILES string of the molecule is COc1ccc(CC(=O)Nc2ccc(C(=O)N(CC(=O)O)Cc3ccc(Oc4cccc(-c5ccccc5)c4)cc3)cc2)c(C(F)F)c1. The van der Waals surface area contributed by atoms with Gasteiger partial charge in [-0.3, -0.25) is 14.4 Å². The fourth-order valence-electron chi connectivity index (χ4n) is 5.07. The Hall–Kier alpha value is -6.03. The van der Waals surface area contributed by atoms with E-state index in [1.165, 1.54) is 54.5 Å². The molecule has 0 fully saturated rings. The average molecular weight is 651 g/mol. The van der Waals surface area contributed by atoms with E-state index >= 15 is 0 Å². The minimum Gasteiger partial charge on any atom is -0.497 e. The fourth-order valence-corrected chi connectivity index (χ4v) is 5.07. The normalized spacial score (nSPS) is 10.8. The van der Waals surface area contributed by atoms with Crippen LogP contribution < -0.4 is 14.8 Å². The Morgan fingerprint density at radius 2 is 1.46 bits per heavy atom. The highest BCUT2D eigenvalue weighted by Crippen LogP contribution is 2.29. The van der Waals surface area contributed by atoms with Crippen LogP contribution in [0.4, 0.5) is 14.5 Å². The van der Waals surface area contributed by atoms with E-state index in [0.29, 0.717) is 22.7 Å². The van der Waals surface area contributed by atoms with E-state index in [1.54, 1.807) is 24.3 Å². The van der Waals surface area contributed by atoms with Gasteiger partial charge in [-0.25, -0.2) is 8.78 Å². The molecule has 5 aromatic carbocycles. The van der Waals surface area contributed by atoms with Crippen molar-refractivity contribution in [3.8, 4) is 28.4 Å². The van der Waals surface area contributed by atoms with Crippen molar-refractivity contribution in [1.82, 2.24) is 4.90 Å². The van der Waals surface area contributed by atoms with Crippen molar-refractivity contribution in [2.75, 3.05) is 19.0 Å². The van der Waals surface area contributed by atoms with Gasteiger partial charge in [0.2, 0.25) is 5.91 Å². The molecule has 0 heterocycles. The number of nitrogens with zero attached hydrogens (tertiary/aromatic N) is 1. The fraction of sp³-hybridized carbons (Fsp3) is 0.132. The summed E-state index contributed by atoms with van der Waals surface area (Å²) >= 11 is 0. The number of hydrogen-bond acceptors (Lipinski definition) is 5. The molecule has 0 aliphatic heterocycles. The summed E-state index contributed by atoms with van der Waals surface area (Å²) in [7, 11) is 1.37. The number of aliphatic carboxylic acids is 1. The van der Waals surface area contributed by atoms with Crippen molar-refractivity contribution in [2.45, 2.75) is 19.4 Å². The molecule has 0 aliphatic rings. The summed E-state index contributed by atoms with van der Waals surface area (Å²) in [5, 5.41) is 12.1. The van der Waals surface area contributed by atoms with Crippen molar-refractivity contribution < 1.29 is 37.7 Å². The number of anilines is 1. The molecule has 0 spiro atoms. The zero-order chi connectivity index (χ0) is 34.0. The lowest BCUT2D eigenvalue weighted by atomic mass is 10.0. The molecular formula is C38H32F2N2O6. The molecule has 244 valence electrons. The second-order valence-electron chi connectivity index (χ2n) is 10.9. The molecule has 10 heteroatoms. The summed E-state index contributed by atoms with van der Waals surface area (Å²) in [6.07, 6.45) is -3.07. The predicted octanol–water partition coefficient (Wildman–Crippen LogP) is 8.00. The van der Waals surface area contributed by atoms with Gasteiger partial charge in [0.25, 0.3) is 12.3 Å². The van der Waals surface area contributed by atoms with Gasteiger partial charge < -0.3 is 24.8 Å². The summed E-state index contributed by atoms with van der Waals surface area (Å²) in [5.74, 6) is -0.718. The van der Waals surface area contributed by atoms with Gasteiger partial charge in [0, 0.05) is 23.4 Å². The summed E-state index contributed by atoms with van der Waals surface area (Å²) < 4.78 is 38.1. The topological polar surface area (TPSA) is 105 Å². The number of carbonyl (C=O) groups excluding carboxylic acids is 2. The lowest BCUT2D eigenvalue weighted by molar-refractivity contribution is -0.137. The number of amides is 2. The Bertz CT molecular complexity index is 1880. The molecule has 0 bridgehead atoms. The zero-order valence-electron chi connectivity index (χ0n) is 25.9. The standard InChI is InChI=1S/C38H32F2N2O6/c1-47-32-19-14-29(34(22-32)37(39)40)21-35(43)41-30-15-12-27(13-16-30)38(46)42(24-36(44)45)23-25-10-17-31(18-11-25)48-33-9-5-8-28(20-33)26-6-3-2-4-7-26/h2-20,22,37H,21,23-24H2,1H3,(H,41,43)(H,44,45). The Balaban J connectivity index is 1.21. The van der Waals surface area contributed by atoms with Crippen LogP contribution in [0.3, 0.4) is 0 Å². The molecule has 0 saturated heterocycles. The number of methoxy groups -OCH3 is 1. The number of benzene rings is 5. The quantitative estimate of drug-likeness (QED) is 0.134. The number of halogens is 2. The monoisotopic (exact) mass is 650 g/mol. The molecule has 5 rings (SSSR count). The van der Waals surface area contributed by atoms with Crippen molar-refractivity contribution in [2.24, 2.45) is 0 Å². The molecule has 0 saturated carbocycles. The largest absolute Gasteiger partial charge is 0.497 e. The predicted molar refractivity (Wildman–Crippen MR) is 177 cm³/mol. The van der Waals surface area contributed by atoms with Crippen LogP contribution in [0.5, 0.6) is 17.2 Å². The van der Waals surface area contributed by atoms with Crippen LogP contribution >= 0.6 is 0 Å². The first kappa shape index (κ1) is 33.3. The van der Waals surface area contributed by atoms with Gasteiger partial charge in [-0.15, -0.1) is 0 Å². The van der Waals surface area contributed by atoms with Gasteiger partial charge in [0.1, 0.15) is 23.8 Å². The Morgan fingerprint density at radius 3 is 2.12 bits per heavy atom. The number of nitrogens with one attached hydrogen (secondary N) is 1. The van der Waals surface area contributed by atoms with E-state index in [2.05, 4.69) is 5.32 Å². The second kappa shape index (κ2) is 15.5. The molecule has 0 aromatic heterocycles. The first-order valence-electron chi connectivity index (χ1n) is 15.0. The smallest absolute Gasteiger partial charge is 0.323 e. The molecule has 0 atom stereocenters. The maximum absolute atomic E-state index is 13.5. The molecule has 2 N–H and O–H groups in total. The Kier molecular flexibility index (Phi) is 10.8. The van der Waals surface area contributed by atoms with E-state index in [9.17, 15) is 28.3 Å². The van der Waals surface area contributed by atoms with E-state index in [-0.39, 0.29) is 35.4 Å². The minimum absolute atomic E-state index is 0.0295. The van der Waals surface area contributed by atoms with Crippen LogP contribution in [0.15, 0.2) is 121 Å². The molecule has 0 aliphatic carbocycles. The highest BCUT2D eigenvalue weighted by atomic mass is 19.3. The van der Waals surface area contributed by atoms with Crippen molar-refractivity contribution in [3.05, 3.63) is 144 Å². The third-order valence-corrected chi connectivity index (χ3v) is 7.44. The first-order valence-corrected chi connectivity index (χ1v) is 15.0.